The quantitative estimate of drug-likeness (QED) is 0.418. The Hall–Kier alpha value is -2.74. The maximum Gasteiger partial charge on any atom is 0.237 e. The zero-order valence-electron chi connectivity index (χ0n) is 22.2. The largest absolute Gasteiger partial charge is 0.392 e. The molecule has 0 bridgehead atoms. The fourth-order valence-corrected chi connectivity index (χ4v) is 5.67. The van der Waals surface area contributed by atoms with E-state index in [9.17, 15) is 19.8 Å². The molecule has 2 amide bonds. The van der Waals surface area contributed by atoms with Gasteiger partial charge in [0.2, 0.25) is 11.8 Å². The molecule has 1 aliphatic carbocycles. The fraction of sp³-hybridized carbons (Fsp3) is 0.533. The summed E-state index contributed by atoms with van der Waals surface area (Å²) in [6.45, 7) is 6.98. The van der Waals surface area contributed by atoms with E-state index in [4.69, 9.17) is 0 Å². The third-order valence-corrected chi connectivity index (χ3v) is 7.36. The van der Waals surface area contributed by atoms with E-state index in [0.717, 1.165) is 36.1 Å². The Balaban J connectivity index is 1.44. The van der Waals surface area contributed by atoms with Gasteiger partial charge < -0.3 is 20.8 Å². The molecule has 5 atom stereocenters. The third-order valence-electron chi connectivity index (χ3n) is 7.36. The van der Waals surface area contributed by atoms with Crippen LogP contribution in [0.3, 0.4) is 0 Å². The lowest BCUT2D eigenvalue weighted by atomic mass is 9.91. The van der Waals surface area contributed by atoms with Crippen molar-refractivity contribution < 1.29 is 19.8 Å². The van der Waals surface area contributed by atoms with Crippen molar-refractivity contribution in [2.75, 3.05) is 13.1 Å². The maximum atomic E-state index is 13.5. The summed E-state index contributed by atoms with van der Waals surface area (Å²) in [6.07, 6.45) is 1.51. The molecule has 1 fully saturated rings. The number of aliphatic hydroxyl groups excluding tert-OH is 2. The first-order chi connectivity index (χ1) is 17.6. The molecule has 4 N–H and O–H groups in total. The average Bonchev–Trinajstić information content (AvgIpc) is 3.42. The minimum Gasteiger partial charge on any atom is -0.392 e. The smallest absolute Gasteiger partial charge is 0.237 e. The van der Waals surface area contributed by atoms with Gasteiger partial charge in [-0.25, -0.2) is 0 Å². The summed E-state index contributed by atoms with van der Waals surface area (Å²) < 4.78 is 0. The Morgan fingerprint density at radius 2 is 1.78 bits per heavy atom. The van der Waals surface area contributed by atoms with Crippen molar-refractivity contribution >= 4 is 11.8 Å². The van der Waals surface area contributed by atoms with E-state index in [1.54, 1.807) is 0 Å². The number of hydrogen-bond acceptors (Lipinski definition) is 5. The predicted molar refractivity (Wildman–Crippen MR) is 144 cm³/mol. The number of aliphatic hydroxyl groups is 2. The van der Waals surface area contributed by atoms with Crippen molar-refractivity contribution in [3.05, 3.63) is 71.3 Å². The van der Waals surface area contributed by atoms with Crippen LogP contribution in [0.1, 0.15) is 62.8 Å². The Bertz CT molecular complexity index is 1070. The van der Waals surface area contributed by atoms with Gasteiger partial charge in [-0.2, -0.15) is 0 Å². The summed E-state index contributed by atoms with van der Waals surface area (Å²) in [6, 6.07) is 16.9. The van der Waals surface area contributed by atoms with Crippen LogP contribution in [0.15, 0.2) is 54.6 Å². The number of carbonyl (C=O) groups is 2. The molecule has 200 valence electrons. The Morgan fingerprint density at radius 1 is 1.08 bits per heavy atom. The summed E-state index contributed by atoms with van der Waals surface area (Å²) in [7, 11) is 0. The lowest BCUT2D eigenvalue weighted by molar-refractivity contribution is -0.129. The number of amides is 2. The number of β-amino-alcohol motifs (C(OH)–C–C–N with tert-alkyl or cyclic N) is 1. The highest BCUT2D eigenvalue weighted by atomic mass is 16.3. The van der Waals surface area contributed by atoms with Crippen molar-refractivity contribution in [1.29, 1.82) is 0 Å². The van der Waals surface area contributed by atoms with Crippen LogP contribution in [0.25, 0.3) is 0 Å². The number of nitrogens with one attached hydrogen (secondary N) is 2. The van der Waals surface area contributed by atoms with Crippen LogP contribution in [0.2, 0.25) is 0 Å². The van der Waals surface area contributed by atoms with Gasteiger partial charge in [0, 0.05) is 24.4 Å². The molecule has 2 aromatic carbocycles. The number of fused-ring (bicyclic) bond motifs is 1. The van der Waals surface area contributed by atoms with Crippen molar-refractivity contribution in [2.24, 2.45) is 5.92 Å². The van der Waals surface area contributed by atoms with Crippen molar-refractivity contribution in [2.45, 2.75) is 82.7 Å². The molecule has 7 heteroatoms. The summed E-state index contributed by atoms with van der Waals surface area (Å²) in [4.78, 5) is 28.4. The van der Waals surface area contributed by atoms with Gasteiger partial charge in [0.25, 0.3) is 0 Å². The van der Waals surface area contributed by atoms with Gasteiger partial charge >= 0.3 is 0 Å². The number of nitrogens with zero attached hydrogens (tertiary/aromatic N) is 1. The van der Waals surface area contributed by atoms with Gasteiger partial charge in [-0.15, -0.1) is 0 Å². The zero-order valence-corrected chi connectivity index (χ0v) is 22.2. The molecular weight excluding hydrogens is 466 g/mol. The number of carbonyl (C=O) groups excluding carboxylic acids is 2. The Morgan fingerprint density at radius 3 is 2.51 bits per heavy atom. The molecule has 1 heterocycles. The SMILES string of the molecule is CC(C)(C)NC(=O)[C@@H]1CCCN1C[C@@H](O)C[C@@H](Cc1ccccc1)C(=O)NC1c2ccccc2C[C@H]1O. The second kappa shape index (κ2) is 11.8. The van der Waals surface area contributed by atoms with E-state index in [2.05, 4.69) is 10.6 Å². The van der Waals surface area contributed by atoms with Gasteiger partial charge in [0.05, 0.1) is 24.3 Å². The molecule has 0 radical (unpaired) electrons. The van der Waals surface area contributed by atoms with Crippen molar-refractivity contribution in [3.8, 4) is 0 Å². The molecule has 0 saturated carbocycles. The topological polar surface area (TPSA) is 102 Å². The molecule has 1 saturated heterocycles. The first-order valence-corrected chi connectivity index (χ1v) is 13.4. The highest BCUT2D eigenvalue weighted by Crippen LogP contribution is 2.32. The Labute approximate surface area is 220 Å². The van der Waals surface area contributed by atoms with Gasteiger partial charge in [0.1, 0.15) is 0 Å². The zero-order chi connectivity index (χ0) is 26.6. The standard InChI is InChI=1S/C30H41N3O4/c1-30(2,3)32-29(37)25-14-9-15-33(25)19-23(34)17-22(16-20-10-5-4-6-11-20)28(36)31-27-24-13-8-7-12-21(24)18-26(27)35/h4-8,10-13,22-23,25-27,34-35H,9,14-19H2,1-3H3,(H,31,36)(H,32,37)/t22-,23+,25+,26-,27?/m1/s1. The number of hydrogen-bond donors (Lipinski definition) is 4. The number of benzene rings is 2. The second-order valence-corrected chi connectivity index (χ2v) is 11.6. The van der Waals surface area contributed by atoms with E-state index in [0.29, 0.717) is 19.4 Å². The first-order valence-electron chi connectivity index (χ1n) is 13.4. The summed E-state index contributed by atoms with van der Waals surface area (Å²) in [5.74, 6) is -0.654. The molecule has 0 aromatic heterocycles. The van der Waals surface area contributed by atoms with E-state index in [-0.39, 0.29) is 29.8 Å². The van der Waals surface area contributed by atoms with E-state index in [1.165, 1.54) is 0 Å². The van der Waals surface area contributed by atoms with Crippen molar-refractivity contribution in [3.63, 3.8) is 0 Å². The fourth-order valence-electron chi connectivity index (χ4n) is 5.67. The van der Waals surface area contributed by atoms with Crippen molar-refractivity contribution in [1.82, 2.24) is 15.5 Å². The average molecular weight is 508 g/mol. The summed E-state index contributed by atoms with van der Waals surface area (Å²) >= 11 is 0. The van der Waals surface area contributed by atoms with Gasteiger partial charge in [0.15, 0.2) is 0 Å². The van der Waals surface area contributed by atoms with Crippen LogP contribution >= 0.6 is 0 Å². The van der Waals surface area contributed by atoms with Crippen LogP contribution in [0.4, 0.5) is 0 Å². The maximum absolute atomic E-state index is 13.5. The van der Waals surface area contributed by atoms with Gasteiger partial charge in [-0.05, 0) is 69.7 Å². The minimum atomic E-state index is -0.761. The second-order valence-electron chi connectivity index (χ2n) is 11.6. The van der Waals surface area contributed by atoms with Crippen LogP contribution in [-0.2, 0) is 22.4 Å². The first kappa shape index (κ1) is 27.3. The predicted octanol–water partition coefficient (Wildman–Crippen LogP) is 2.75. The van der Waals surface area contributed by atoms with E-state index < -0.39 is 24.2 Å². The molecule has 0 spiro atoms. The van der Waals surface area contributed by atoms with Crippen LogP contribution in [-0.4, -0.2) is 63.8 Å². The molecule has 2 aromatic rings. The van der Waals surface area contributed by atoms with Gasteiger partial charge in [-0.1, -0.05) is 54.6 Å². The van der Waals surface area contributed by atoms with E-state index in [1.807, 2.05) is 80.3 Å². The lowest BCUT2D eigenvalue weighted by Gasteiger charge is -2.30. The van der Waals surface area contributed by atoms with Crippen LogP contribution < -0.4 is 10.6 Å². The molecule has 7 nitrogen and oxygen atoms in total. The Kier molecular flexibility index (Phi) is 8.67. The van der Waals surface area contributed by atoms with Crippen LogP contribution in [0, 0.1) is 5.92 Å². The van der Waals surface area contributed by atoms with E-state index >= 15 is 0 Å². The molecule has 37 heavy (non-hydrogen) atoms. The van der Waals surface area contributed by atoms with Crippen LogP contribution in [0.5, 0.6) is 0 Å². The highest BCUT2D eigenvalue weighted by Gasteiger charge is 2.36. The monoisotopic (exact) mass is 507 g/mol. The molecule has 4 rings (SSSR count). The highest BCUT2D eigenvalue weighted by molar-refractivity contribution is 5.82. The molecule has 1 aliphatic heterocycles. The number of likely N-dealkylation sites (tertiary alicyclic amines) is 1. The summed E-state index contributed by atoms with van der Waals surface area (Å²) in [5, 5.41) is 27.9. The minimum absolute atomic E-state index is 0.00957. The molecular formula is C30H41N3O4. The normalized spacial score (nSPS) is 23.3. The lowest BCUT2D eigenvalue weighted by Crippen LogP contribution is -2.51. The summed E-state index contributed by atoms with van der Waals surface area (Å²) in [5.41, 5.74) is 2.71. The van der Waals surface area contributed by atoms with Gasteiger partial charge in [-0.3, -0.25) is 14.5 Å². The molecule has 2 aliphatic rings. The molecule has 1 unspecified atom stereocenters. The third kappa shape index (κ3) is 7.18. The number of rotatable bonds is 9.